The van der Waals surface area contributed by atoms with E-state index < -0.39 is 0 Å². The summed E-state index contributed by atoms with van der Waals surface area (Å²) in [6.45, 7) is 5.88. The van der Waals surface area contributed by atoms with Gasteiger partial charge in [0.15, 0.2) is 0 Å². The molecule has 134 valence electrons. The Morgan fingerprint density at radius 2 is 2.12 bits per heavy atom. The first-order valence-corrected chi connectivity index (χ1v) is 8.70. The van der Waals surface area contributed by atoms with Crippen molar-refractivity contribution in [1.82, 2.24) is 24.6 Å². The second kappa shape index (κ2) is 7.21. The van der Waals surface area contributed by atoms with Gasteiger partial charge in [0.2, 0.25) is 0 Å². The Morgan fingerprint density at radius 1 is 1.19 bits per heavy atom. The monoisotopic (exact) mass is 352 g/mol. The average molecular weight is 352 g/mol. The number of hydrogen-bond acceptors (Lipinski definition) is 5. The maximum atomic E-state index is 13.4. The summed E-state index contributed by atoms with van der Waals surface area (Å²) in [5, 5.41) is 7.90. The molecule has 0 fully saturated rings. The van der Waals surface area contributed by atoms with Gasteiger partial charge in [-0.25, -0.2) is 9.37 Å². The van der Waals surface area contributed by atoms with E-state index in [1.165, 1.54) is 5.69 Å². The van der Waals surface area contributed by atoms with E-state index in [9.17, 15) is 4.39 Å². The van der Waals surface area contributed by atoms with Gasteiger partial charge in [0.25, 0.3) is 0 Å². The van der Waals surface area contributed by atoms with Crippen LogP contribution in [0.3, 0.4) is 0 Å². The summed E-state index contributed by atoms with van der Waals surface area (Å²) in [7, 11) is 0. The van der Waals surface area contributed by atoms with Crippen LogP contribution in [0, 0.1) is 12.7 Å². The SMILES string of the molecule is Cc1cc(CN2CCn3nc(CNc4cnccn4)cc3C2)ccc1F. The second-order valence-electron chi connectivity index (χ2n) is 6.59. The molecule has 4 rings (SSSR count). The largest absolute Gasteiger partial charge is 0.363 e. The standard InChI is InChI=1S/C19H21FN6/c1-14-8-15(2-3-18(14)20)12-25-6-7-26-17(13-25)9-16(24-26)10-23-19-11-21-4-5-22-19/h2-5,8-9,11H,6-7,10,12-13H2,1H3,(H,22,23). The molecule has 0 saturated heterocycles. The number of anilines is 1. The fourth-order valence-electron chi connectivity index (χ4n) is 3.24. The Morgan fingerprint density at radius 3 is 2.92 bits per heavy atom. The lowest BCUT2D eigenvalue weighted by atomic mass is 10.1. The van der Waals surface area contributed by atoms with Crippen LogP contribution in [-0.4, -0.2) is 31.2 Å². The van der Waals surface area contributed by atoms with Gasteiger partial charge in [0.05, 0.1) is 30.7 Å². The van der Waals surface area contributed by atoms with Crippen LogP contribution in [-0.2, 0) is 26.2 Å². The van der Waals surface area contributed by atoms with Gasteiger partial charge in [0, 0.05) is 32.0 Å². The fourth-order valence-corrected chi connectivity index (χ4v) is 3.24. The molecule has 3 heterocycles. The molecule has 0 spiro atoms. The second-order valence-corrected chi connectivity index (χ2v) is 6.59. The smallest absolute Gasteiger partial charge is 0.144 e. The fraction of sp³-hybridized carbons (Fsp3) is 0.316. The summed E-state index contributed by atoms with van der Waals surface area (Å²) >= 11 is 0. The normalized spacial score (nSPS) is 14.2. The molecule has 6 nitrogen and oxygen atoms in total. The van der Waals surface area contributed by atoms with Crippen LogP contribution in [0.25, 0.3) is 0 Å². The highest BCUT2D eigenvalue weighted by Crippen LogP contribution is 2.18. The number of nitrogens with zero attached hydrogens (tertiary/aromatic N) is 5. The predicted octanol–water partition coefficient (Wildman–Crippen LogP) is 2.75. The van der Waals surface area contributed by atoms with Crippen LogP contribution in [0.2, 0.25) is 0 Å². The molecule has 2 aromatic heterocycles. The van der Waals surface area contributed by atoms with Crippen molar-refractivity contribution >= 4 is 5.82 Å². The van der Waals surface area contributed by atoms with Crippen molar-refractivity contribution in [3.8, 4) is 0 Å². The summed E-state index contributed by atoms with van der Waals surface area (Å²) in [4.78, 5) is 10.6. The Bertz CT molecular complexity index is 892. The van der Waals surface area contributed by atoms with E-state index in [1.807, 2.05) is 12.1 Å². The highest BCUT2D eigenvalue weighted by molar-refractivity contribution is 5.31. The van der Waals surface area contributed by atoms with Crippen LogP contribution in [0.4, 0.5) is 10.2 Å². The molecule has 0 aliphatic carbocycles. The lowest BCUT2D eigenvalue weighted by Gasteiger charge is -2.27. The van der Waals surface area contributed by atoms with Crippen LogP contribution < -0.4 is 5.32 Å². The summed E-state index contributed by atoms with van der Waals surface area (Å²) in [6, 6.07) is 7.47. The number of nitrogens with one attached hydrogen (secondary N) is 1. The topological polar surface area (TPSA) is 58.9 Å². The molecular formula is C19H21FN6. The minimum atomic E-state index is -0.147. The number of aromatic nitrogens is 4. The van der Waals surface area contributed by atoms with Gasteiger partial charge in [-0.3, -0.25) is 14.6 Å². The van der Waals surface area contributed by atoms with Crippen LogP contribution in [0.5, 0.6) is 0 Å². The highest BCUT2D eigenvalue weighted by Gasteiger charge is 2.18. The number of fused-ring (bicyclic) bond motifs is 1. The third-order valence-electron chi connectivity index (χ3n) is 4.57. The van der Waals surface area contributed by atoms with Gasteiger partial charge in [0.1, 0.15) is 11.6 Å². The van der Waals surface area contributed by atoms with E-state index in [4.69, 9.17) is 0 Å². The molecule has 0 amide bonds. The van der Waals surface area contributed by atoms with E-state index in [-0.39, 0.29) is 5.82 Å². The van der Waals surface area contributed by atoms with Crippen molar-refractivity contribution in [2.45, 2.75) is 33.1 Å². The summed E-state index contributed by atoms with van der Waals surface area (Å²) in [5.41, 5.74) is 4.03. The Labute approximate surface area is 151 Å². The van der Waals surface area contributed by atoms with Crippen LogP contribution in [0.15, 0.2) is 42.9 Å². The van der Waals surface area contributed by atoms with E-state index in [1.54, 1.807) is 31.6 Å². The first kappa shape index (κ1) is 16.7. The van der Waals surface area contributed by atoms with Gasteiger partial charge >= 0.3 is 0 Å². The van der Waals surface area contributed by atoms with Crippen LogP contribution >= 0.6 is 0 Å². The number of benzene rings is 1. The zero-order valence-corrected chi connectivity index (χ0v) is 14.7. The summed E-state index contributed by atoms with van der Waals surface area (Å²) in [5.74, 6) is 0.595. The van der Waals surface area contributed by atoms with Crippen molar-refractivity contribution < 1.29 is 4.39 Å². The molecule has 1 aliphatic heterocycles. The zero-order valence-electron chi connectivity index (χ0n) is 14.7. The molecule has 1 aromatic carbocycles. The van der Waals surface area contributed by atoms with Crippen molar-refractivity contribution in [2.24, 2.45) is 0 Å². The van der Waals surface area contributed by atoms with E-state index in [0.717, 1.165) is 43.3 Å². The lowest BCUT2D eigenvalue weighted by molar-refractivity contribution is 0.205. The van der Waals surface area contributed by atoms with Crippen molar-refractivity contribution in [3.63, 3.8) is 0 Å². The third-order valence-corrected chi connectivity index (χ3v) is 4.57. The highest BCUT2D eigenvalue weighted by atomic mass is 19.1. The first-order valence-electron chi connectivity index (χ1n) is 8.70. The van der Waals surface area contributed by atoms with Crippen molar-refractivity contribution in [1.29, 1.82) is 0 Å². The van der Waals surface area contributed by atoms with Crippen LogP contribution in [0.1, 0.15) is 22.5 Å². The van der Waals surface area contributed by atoms with Gasteiger partial charge < -0.3 is 5.32 Å². The summed E-state index contributed by atoms with van der Waals surface area (Å²) < 4.78 is 15.5. The molecular weight excluding hydrogens is 331 g/mol. The molecule has 7 heteroatoms. The molecule has 0 atom stereocenters. The molecule has 3 aromatic rings. The number of hydrogen-bond donors (Lipinski definition) is 1. The van der Waals surface area contributed by atoms with Gasteiger partial charge in [-0.2, -0.15) is 5.10 Å². The molecule has 0 unspecified atom stereocenters. The molecule has 1 N–H and O–H groups in total. The lowest BCUT2D eigenvalue weighted by Crippen LogP contribution is -2.33. The van der Waals surface area contributed by atoms with Crippen molar-refractivity contribution in [2.75, 3.05) is 11.9 Å². The zero-order chi connectivity index (χ0) is 17.9. The number of aryl methyl sites for hydroxylation is 1. The molecule has 1 aliphatic rings. The van der Waals surface area contributed by atoms with E-state index in [2.05, 4.69) is 36.0 Å². The van der Waals surface area contributed by atoms with Gasteiger partial charge in [-0.05, 0) is 30.2 Å². The Balaban J connectivity index is 1.39. The Kier molecular flexibility index (Phi) is 4.62. The quantitative estimate of drug-likeness (QED) is 0.765. The number of rotatable bonds is 5. The van der Waals surface area contributed by atoms with Gasteiger partial charge in [-0.15, -0.1) is 0 Å². The summed E-state index contributed by atoms with van der Waals surface area (Å²) in [6.07, 6.45) is 5.01. The minimum Gasteiger partial charge on any atom is -0.363 e. The van der Waals surface area contributed by atoms with E-state index >= 15 is 0 Å². The predicted molar refractivity (Wildman–Crippen MR) is 96.8 cm³/mol. The molecule has 0 bridgehead atoms. The molecule has 26 heavy (non-hydrogen) atoms. The minimum absolute atomic E-state index is 0.147. The molecule has 0 saturated carbocycles. The average Bonchev–Trinajstić information content (AvgIpc) is 3.06. The third kappa shape index (κ3) is 3.72. The maximum Gasteiger partial charge on any atom is 0.144 e. The van der Waals surface area contributed by atoms with Gasteiger partial charge in [-0.1, -0.05) is 12.1 Å². The van der Waals surface area contributed by atoms with E-state index in [0.29, 0.717) is 12.1 Å². The number of halogens is 1. The maximum absolute atomic E-state index is 13.4. The first-order chi connectivity index (χ1) is 12.7. The van der Waals surface area contributed by atoms with Crippen molar-refractivity contribution in [3.05, 3.63) is 71.2 Å². The molecule has 0 radical (unpaired) electrons. The Hall–Kier alpha value is -2.80.